The third-order valence-electron chi connectivity index (χ3n) is 2.80. The van der Waals surface area contributed by atoms with Gasteiger partial charge in [-0.05, 0) is 47.9 Å². The topological polar surface area (TPSA) is 47.6 Å². The molecule has 0 fully saturated rings. The number of hydrogen-bond donors (Lipinski definition) is 1. The van der Waals surface area contributed by atoms with Gasteiger partial charge in [-0.3, -0.25) is 0 Å². The van der Waals surface area contributed by atoms with Crippen molar-refractivity contribution in [2.75, 3.05) is 20.3 Å². The monoisotopic (exact) mass is 279 g/mol. The number of hydrogen-bond acceptors (Lipinski definition) is 4. The zero-order valence-electron chi connectivity index (χ0n) is 11.1. The fourth-order valence-electron chi connectivity index (χ4n) is 1.86. The molecule has 4 nitrogen and oxygen atoms in total. The summed E-state index contributed by atoms with van der Waals surface area (Å²) in [6.45, 7) is 2.75. The Labute approximate surface area is 116 Å². The largest absolute Gasteiger partial charge is 0.497 e. The summed E-state index contributed by atoms with van der Waals surface area (Å²) in [6.07, 6.45) is 0.422. The van der Waals surface area contributed by atoms with Crippen LogP contribution in [0.25, 0.3) is 10.1 Å². The maximum absolute atomic E-state index is 11.2. The first-order valence-electron chi connectivity index (χ1n) is 6.19. The molecule has 1 aromatic carbocycles. The van der Waals surface area contributed by atoms with Crippen molar-refractivity contribution in [3.63, 3.8) is 0 Å². The van der Waals surface area contributed by atoms with E-state index in [4.69, 9.17) is 9.47 Å². The van der Waals surface area contributed by atoms with Crippen molar-refractivity contribution < 1.29 is 14.3 Å². The Bertz CT molecular complexity index is 565. The zero-order chi connectivity index (χ0) is 13.7. The molecule has 2 rings (SSSR count). The van der Waals surface area contributed by atoms with Gasteiger partial charge in [-0.2, -0.15) is 0 Å². The Balaban J connectivity index is 2.02. The summed E-state index contributed by atoms with van der Waals surface area (Å²) in [5.41, 5.74) is 1.22. The molecule has 0 atom stereocenters. The predicted molar refractivity (Wildman–Crippen MR) is 77.1 cm³/mol. The number of carbonyl (C=O) groups excluding carboxylic acids is 1. The Hall–Kier alpha value is -1.75. The van der Waals surface area contributed by atoms with Crippen LogP contribution in [-0.2, 0) is 11.2 Å². The molecule has 0 saturated carbocycles. The number of thiophene rings is 1. The molecular formula is C14H17NO3S. The summed E-state index contributed by atoms with van der Waals surface area (Å²) >= 11 is 1.70. The molecule has 102 valence electrons. The average Bonchev–Trinajstić information content (AvgIpc) is 2.81. The summed E-state index contributed by atoms with van der Waals surface area (Å²) < 4.78 is 11.3. The van der Waals surface area contributed by atoms with E-state index in [0.717, 1.165) is 12.2 Å². The molecule has 0 aliphatic rings. The van der Waals surface area contributed by atoms with Crippen molar-refractivity contribution in [3.05, 3.63) is 29.1 Å². The van der Waals surface area contributed by atoms with Gasteiger partial charge in [0.2, 0.25) is 0 Å². The smallest absolute Gasteiger partial charge is 0.407 e. The molecule has 1 heterocycles. The third kappa shape index (κ3) is 3.38. The van der Waals surface area contributed by atoms with Gasteiger partial charge in [-0.1, -0.05) is 0 Å². The lowest BCUT2D eigenvalue weighted by atomic mass is 10.1. The quantitative estimate of drug-likeness (QED) is 0.914. The predicted octanol–water partition coefficient (Wildman–Crippen LogP) is 3.20. The van der Waals surface area contributed by atoms with Gasteiger partial charge in [0.25, 0.3) is 0 Å². The van der Waals surface area contributed by atoms with Crippen molar-refractivity contribution in [1.29, 1.82) is 0 Å². The number of alkyl carbamates (subject to hydrolysis) is 1. The van der Waals surface area contributed by atoms with Gasteiger partial charge in [-0.15, -0.1) is 11.3 Å². The number of ether oxygens (including phenoxy) is 2. The highest BCUT2D eigenvalue weighted by atomic mass is 32.1. The molecule has 19 heavy (non-hydrogen) atoms. The molecule has 1 N–H and O–H groups in total. The lowest BCUT2D eigenvalue weighted by Crippen LogP contribution is -2.26. The Kier molecular flexibility index (Phi) is 4.63. The van der Waals surface area contributed by atoms with Crippen LogP contribution in [0.1, 0.15) is 12.5 Å². The molecule has 0 aliphatic heterocycles. The molecular weight excluding hydrogens is 262 g/mol. The summed E-state index contributed by atoms with van der Waals surface area (Å²) in [6, 6.07) is 6.05. The molecule has 0 spiro atoms. The molecule has 2 aromatic rings. The van der Waals surface area contributed by atoms with Gasteiger partial charge in [0.1, 0.15) is 5.75 Å². The Morgan fingerprint density at radius 3 is 3.00 bits per heavy atom. The molecule has 0 radical (unpaired) electrons. The number of fused-ring (bicyclic) bond motifs is 1. The average molecular weight is 279 g/mol. The number of rotatable bonds is 5. The van der Waals surface area contributed by atoms with Gasteiger partial charge in [-0.25, -0.2) is 4.79 Å². The molecule has 1 aromatic heterocycles. The molecule has 1 amide bonds. The zero-order valence-corrected chi connectivity index (χ0v) is 11.9. The van der Waals surface area contributed by atoms with Crippen LogP contribution in [0.3, 0.4) is 0 Å². The van der Waals surface area contributed by atoms with E-state index >= 15 is 0 Å². The lowest BCUT2D eigenvalue weighted by Gasteiger charge is -2.05. The van der Waals surface area contributed by atoms with Crippen LogP contribution in [0, 0.1) is 0 Å². The summed E-state index contributed by atoms with van der Waals surface area (Å²) in [7, 11) is 1.66. The maximum Gasteiger partial charge on any atom is 0.407 e. The van der Waals surface area contributed by atoms with Crippen molar-refractivity contribution in [1.82, 2.24) is 5.32 Å². The van der Waals surface area contributed by atoms with E-state index in [1.54, 1.807) is 25.4 Å². The van der Waals surface area contributed by atoms with E-state index in [-0.39, 0.29) is 6.09 Å². The normalized spacial score (nSPS) is 10.4. The van der Waals surface area contributed by atoms with Crippen LogP contribution in [0.15, 0.2) is 23.6 Å². The first kappa shape index (κ1) is 13.7. The van der Waals surface area contributed by atoms with Gasteiger partial charge in [0.15, 0.2) is 0 Å². The van der Waals surface area contributed by atoms with Crippen LogP contribution >= 0.6 is 11.3 Å². The van der Waals surface area contributed by atoms with Crippen molar-refractivity contribution in [2.24, 2.45) is 0 Å². The molecule has 0 unspecified atom stereocenters. The van der Waals surface area contributed by atoms with Crippen LogP contribution in [0.2, 0.25) is 0 Å². The summed E-state index contributed by atoms with van der Waals surface area (Å²) in [5.74, 6) is 0.852. The Morgan fingerprint density at radius 1 is 1.42 bits per heavy atom. The molecule has 5 heteroatoms. The maximum atomic E-state index is 11.2. The van der Waals surface area contributed by atoms with E-state index in [2.05, 4.69) is 16.8 Å². The van der Waals surface area contributed by atoms with E-state index in [1.165, 1.54) is 15.6 Å². The van der Waals surface area contributed by atoms with Crippen molar-refractivity contribution in [2.45, 2.75) is 13.3 Å². The van der Waals surface area contributed by atoms with Gasteiger partial charge in [0, 0.05) is 11.2 Å². The first-order chi connectivity index (χ1) is 9.24. The van der Waals surface area contributed by atoms with E-state index < -0.39 is 0 Å². The van der Waals surface area contributed by atoms with Crippen LogP contribution in [0.5, 0.6) is 5.75 Å². The molecule has 0 aliphatic carbocycles. The third-order valence-corrected chi connectivity index (χ3v) is 3.81. The lowest BCUT2D eigenvalue weighted by molar-refractivity contribution is 0.152. The standard InChI is InChI=1S/C14H17NO3S/c1-3-18-14(16)15-7-6-10-9-19-13-5-4-11(17-2)8-12(10)13/h4-5,8-9H,3,6-7H2,1-2H3,(H,15,16). The van der Waals surface area contributed by atoms with Crippen molar-refractivity contribution in [3.8, 4) is 5.75 Å². The highest BCUT2D eigenvalue weighted by Gasteiger charge is 2.06. The van der Waals surface area contributed by atoms with E-state index in [0.29, 0.717) is 13.2 Å². The molecule has 0 bridgehead atoms. The van der Waals surface area contributed by atoms with Gasteiger partial charge in [0.05, 0.1) is 13.7 Å². The summed E-state index contributed by atoms with van der Waals surface area (Å²) in [4.78, 5) is 11.2. The minimum Gasteiger partial charge on any atom is -0.497 e. The first-order valence-corrected chi connectivity index (χ1v) is 7.07. The van der Waals surface area contributed by atoms with Crippen LogP contribution in [-0.4, -0.2) is 26.4 Å². The van der Waals surface area contributed by atoms with E-state index in [1.807, 2.05) is 12.1 Å². The fraction of sp³-hybridized carbons (Fsp3) is 0.357. The number of amides is 1. The minimum atomic E-state index is -0.361. The second-order valence-corrected chi connectivity index (χ2v) is 4.93. The number of nitrogens with one attached hydrogen (secondary N) is 1. The summed E-state index contributed by atoms with van der Waals surface area (Å²) in [5, 5.41) is 6.04. The van der Waals surface area contributed by atoms with Gasteiger partial charge < -0.3 is 14.8 Å². The van der Waals surface area contributed by atoms with E-state index in [9.17, 15) is 4.79 Å². The second kappa shape index (κ2) is 6.43. The highest BCUT2D eigenvalue weighted by molar-refractivity contribution is 7.17. The number of carbonyl (C=O) groups is 1. The SMILES string of the molecule is CCOC(=O)NCCc1csc2ccc(OC)cc12. The second-order valence-electron chi connectivity index (χ2n) is 4.02. The Morgan fingerprint density at radius 2 is 2.26 bits per heavy atom. The number of methoxy groups -OCH3 is 1. The molecule has 0 saturated heterocycles. The highest BCUT2D eigenvalue weighted by Crippen LogP contribution is 2.29. The van der Waals surface area contributed by atoms with Crippen LogP contribution < -0.4 is 10.1 Å². The van der Waals surface area contributed by atoms with Crippen molar-refractivity contribution >= 4 is 27.5 Å². The van der Waals surface area contributed by atoms with Gasteiger partial charge >= 0.3 is 6.09 Å². The fourth-order valence-corrected chi connectivity index (χ4v) is 2.84. The number of benzene rings is 1. The minimum absolute atomic E-state index is 0.361. The van der Waals surface area contributed by atoms with Crippen LogP contribution in [0.4, 0.5) is 4.79 Å².